The van der Waals surface area contributed by atoms with E-state index in [0.29, 0.717) is 13.2 Å². The van der Waals surface area contributed by atoms with E-state index in [-0.39, 0.29) is 12.2 Å². The molecular weight excluding hydrogens is 273 g/mol. The predicted octanol–water partition coefficient (Wildman–Crippen LogP) is 3.41. The van der Waals surface area contributed by atoms with Crippen LogP contribution in [0.4, 0.5) is 0 Å². The fourth-order valence-electron chi connectivity index (χ4n) is 1.61. The Morgan fingerprint density at radius 1 is 1.30 bits per heavy atom. The second kappa shape index (κ2) is 7.37. The van der Waals surface area contributed by atoms with Gasteiger partial charge in [-0.3, -0.25) is 4.57 Å². The van der Waals surface area contributed by atoms with Crippen LogP contribution in [0.5, 0.6) is 0 Å². The SMILES string of the molecule is CC(C)COP(=O)(CNCc1ccccc1)C(C)(C)O. The summed E-state index contributed by atoms with van der Waals surface area (Å²) in [5.74, 6) is 0.278. The van der Waals surface area contributed by atoms with Crippen molar-refractivity contribution in [1.82, 2.24) is 5.32 Å². The van der Waals surface area contributed by atoms with Gasteiger partial charge < -0.3 is 14.9 Å². The molecule has 5 heteroatoms. The van der Waals surface area contributed by atoms with E-state index < -0.39 is 12.7 Å². The van der Waals surface area contributed by atoms with E-state index in [1.165, 1.54) is 13.8 Å². The molecular formula is C15H26NO3P. The molecule has 0 radical (unpaired) electrons. The maximum absolute atomic E-state index is 12.8. The molecule has 0 heterocycles. The third-order valence-electron chi connectivity index (χ3n) is 2.94. The van der Waals surface area contributed by atoms with Crippen molar-refractivity contribution < 1.29 is 14.2 Å². The Morgan fingerprint density at radius 3 is 2.40 bits per heavy atom. The summed E-state index contributed by atoms with van der Waals surface area (Å²) in [6.07, 6.45) is 0.165. The number of hydrogen-bond acceptors (Lipinski definition) is 4. The third kappa shape index (κ3) is 5.37. The van der Waals surface area contributed by atoms with E-state index in [9.17, 15) is 9.67 Å². The van der Waals surface area contributed by atoms with Crippen molar-refractivity contribution in [2.24, 2.45) is 5.92 Å². The Morgan fingerprint density at radius 2 is 1.90 bits per heavy atom. The summed E-state index contributed by atoms with van der Waals surface area (Å²) in [4.78, 5) is 0. The number of benzene rings is 1. The minimum absolute atomic E-state index is 0.165. The second-order valence-electron chi connectivity index (χ2n) is 5.93. The van der Waals surface area contributed by atoms with Crippen LogP contribution in [-0.2, 0) is 15.6 Å². The standard InChI is InChI=1S/C15H26NO3P/c1-13(2)11-19-20(18,15(3,4)17)12-16-10-14-8-6-5-7-9-14/h5-9,13,16-17H,10-12H2,1-4H3. The summed E-state index contributed by atoms with van der Waals surface area (Å²) in [5.41, 5.74) is 1.11. The van der Waals surface area contributed by atoms with Crippen LogP contribution in [0.25, 0.3) is 0 Å². The highest BCUT2D eigenvalue weighted by molar-refractivity contribution is 7.60. The Labute approximate surface area is 122 Å². The molecule has 0 bridgehead atoms. The lowest BCUT2D eigenvalue weighted by molar-refractivity contribution is 0.130. The van der Waals surface area contributed by atoms with Crippen molar-refractivity contribution in [2.75, 3.05) is 12.9 Å². The van der Waals surface area contributed by atoms with Gasteiger partial charge in [-0.25, -0.2) is 0 Å². The molecule has 1 rings (SSSR count). The molecule has 0 saturated carbocycles. The summed E-state index contributed by atoms with van der Waals surface area (Å²) < 4.78 is 18.3. The zero-order chi connectivity index (χ0) is 15.2. The molecule has 4 nitrogen and oxygen atoms in total. The molecule has 1 unspecified atom stereocenters. The first-order valence-electron chi connectivity index (χ1n) is 6.95. The Hall–Kier alpha value is -0.670. The normalized spacial score (nSPS) is 15.3. The molecule has 1 atom stereocenters. The van der Waals surface area contributed by atoms with E-state index in [0.717, 1.165) is 5.56 Å². The molecule has 0 fully saturated rings. The van der Waals surface area contributed by atoms with Crippen molar-refractivity contribution in [3.8, 4) is 0 Å². The zero-order valence-electron chi connectivity index (χ0n) is 12.8. The van der Waals surface area contributed by atoms with Gasteiger partial charge in [0.05, 0.1) is 12.9 Å². The minimum Gasteiger partial charge on any atom is -0.380 e. The predicted molar refractivity (Wildman–Crippen MR) is 82.8 cm³/mol. The topological polar surface area (TPSA) is 58.6 Å². The third-order valence-corrected chi connectivity index (χ3v) is 5.82. The summed E-state index contributed by atoms with van der Waals surface area (Å²) in [6.45, 7) is 8.05. The quantitative estimate of drug-likeness (QED) is 0.722. The lowest BCUT2D eigenvalue weighted by atomic mass is 10.2. The van der Waals surface area contributed by atoms with Gasteiger partial charge in [0.15, 0.2) is 0 Å². The van der Waals surface area contributed by atoms with Gasteiger partial charge in [-0.1, -0.05) is 44.2 Å². The molecule has 0 spiro atoms. The maximum atomic E-state index is 12.8. The first kappa shape index (κ1) is 17.4. The molecule has 1 aromatic rings. The van der Waals surface area contributed by atoms with Gasteiger partial charge in [-0.2, -0.15) is 0 Å². The van der Waals surface area contributed by atoms with Gasteiger partial charge in [0, 0.05) is 6.54 Å². The van der Waals surface area contributed by atoms with Crippen molar-refractivity contribution >= 4 is 7.37 Å². The van der Waals surface area contributed by atoms with Gasteiger partial charge in [-0.15, -0.1) is 0 Å². The van der Waals surface area contributed by atoms with Crippen LogP contribution < -0.4 is 5.32 Å². The Balaban J connectivity index is 2.60. The van der Waals surface area contributed by atoms with Crippen molar-refractivity contribution in [1.29, 1.82) is 0 Å². The smallest absolute Gasteiger partial charge is 0.246 e. The summed E-state index contributed by atoms with van der Waals surface area (Å²) in [5, 5.41) is 11.9. The number of aliphatic hydroxyl groups is 1. The van der Waals surface area contributed by atoms with Gasteiger partial charge in [0.25, 0.3) is 0 Å². The number of nitrogens with one attached hydrogen (secondary N) is 1. The van der Waals surface area contributed by atoms with E-state index in [1.54, 1.807) is 0 Å². The van der Waals surface area contributed by atoms with Crippen LogP contribution in [0.15, 0.2) is 30.3 Å². The number of hydrogen-bond donors (Lipinski definition) is 2. The van der Waals surface area contributed by atoms with Crippen molar-refractivity contribution in [3.05, 3.63) is 35.9 Å². The van der Waals surface area contributed by atoms with E-state index in [2.05, 4.69) is 5.32 Å². The zero-order valence-corrected chi connectivity index (χ0v) is 13.7. The largest absolute Gasteiger partial charge is 0.380 e. The molecule has 0 amide bonds. The lowest BCUT2D eigenvalue weighted by Gasteiger charge is -2.30. The van der Waals surface area contributed by atoms with Gasteiger partial charge in [-0.05, 0) is 25.3 Å². The molecule has 0 aliphatic carbocycles. The molecule has 0 aromatic heterocycles. The molecule has 1 aromatic carbocycles. The molecule has 114 valence electrons. The Bertz CT molecular complexity index is 440. The van der Waals surface area contributed by atoms with Crippen LogP contribution in [0.3, 0.4) is 0 Å². The van der Waals surface area contributed by atoms with E-state index in [1.807, 2.05) is 44.2 Å². The summed E-state index contributed by atoms with van der Waals surface area (Å²) in [6, 6.07) is 9.87. The van der Waals surface area contributed by atoms with E-state index in [4.69, 9.17) is 4.52 Å². The second-order valence-corrected chi connectivity index (χ2v) is 8.94. The van der Waals surface area contributed by atoms with Gasteiger partial charge in [0.1, 0.15) is 5.34 Å². The van der Waals surface area contributed by atoms with Crippen LogP contribution in [0.2, 0.25) is 0 Å². The number of rotatable bonds is 8. The fourth-order valence-corrected chi connectivity index (χ4v) is 3.35. The Kier molecular flexibility index (Phi) is 6.41. The van der Waals surface area contributed by atoms with Gasteiger partial charge in [0.2, 0.25) is 7.37 Å². The highest BCUT2D eigenvalue weighted by Gasteiger charge is 2.39. The van der Waals surface area contributed by atoms with Crippen LogP contribution >= 0.6 is 7.37 Å². The summed E-state index contributed by atoms with van der Waals surface area (Å²) >= 11 is 0. The highest BCUT2D eigenvalue weighted by Crippen LogP contribution is 2.56. The first-order valence-corrected chi connectivity index (χ1v) is 8.76. The molecule has 0 aliphatic rings. The van der Waals surface area contributed by atoms with Crippen LogP contribution in [-0.4, -0.2) is 23.3 Å². The maximum Gasteiger partial charge on any atom is 0.246 e. The minimum atomic E-state index is -3.15. The average Bonchev–Trinajstić information content (AvgIpc) is 2.36. The fraction of sp³-hybridized carbons (Fsp3) is 0.600. The summed E-state index contributed by atoms with van der Waals surface area (Å²) in [7, 11) is -3.15. The average molecular weight is 299 g/mol. The first-order chi connectivity index (χ1) is 9.24. The molecule has 2 N–H and O–H groups in total. The monoisotopic (exact) mass is 299 g/mol. The van der Waals surface area contributed by atoms with Crippen molar-refractivity contribution in [2.45, 2.75) is 39.6 Å². The van der Waals surface area contributed by atoms with Gasteiger partial charge >= 0.3 is 0 Å². The lowest BCUT2D eigenvalue weighted by Crippen LogP contribution is -2.29. The van der Waals surface area contributed by atoms with Crippen LogP contribution in [0.1, 0.15) is 33.3 Å². The molecule has 0 saturated heterocycles. The highest BCUT2D eigenvalue weighted by atomic mass is 31.2. The van der Waals surface area contributed by atoms with Crippen LogP contribution in [0, 0.1) is 5.92 Å². The molecule has 0 aliphatic heterocycles. The van der Waals surface area contributed by atoms with E-state index >= 15 is 0 Å². The van der Waals surface area contributed by atoms with Crippen molar-refractivity contribution in [3.63, 3.8) is 0 Å². The molecule has 20 heavy (non-hydrogen) atoms.